The van der Waals surface area contributed by atoms with Crippen LogP contribution in [0.2, 0.25) is 5.02 Å². The fraction of sp³-hybridized carbons (Fsp3) is 0. The lowest BCUT2D eigenvalue weighted by molar-refractivity contribution is 0.0696. The van der Waals surface area contributed by atoms with Crippen molar-refractivity contribution in [1.82, 2.24) is 0 Å². The van der Waals surface area contributed by atoms with E-state index in [-0.39, 0.29) is 11.5 Å². The molecule has 1 amide bonds. The molecular formula is C14H9BrClNO3. The minimum atomic E-state index is -1.01. The SMILES string of the molecule is O=C(O)c1ccc(NC(=O)c2ccc(Br)c(Cl)c2)cc1. The molecule has 0 bridgehead atoms. The van der Waals surface area contributed by atoms with Crippen LogP contribution in [0, 0.1) is 0 Å². The van der Waals surface area contributed by atoms with Crippen molar-refractivity contribution in [3.63, 3.8) is 0 Å². The van der Waals surface area contributed by atoms with Gasteiger partial charge in [-0.3, -0.25) is 4.79 Å². The van der Waals surface area contributed by atoms with Crippen LogP contribution in [0.25, 0.3) is 0 Å². The van der Waals surface area contributed by atoms with Crippen molar-refractivity contribution in [3.8, 4) is 0 Å². The van der Waals surface area contributed by atoms with E-state index >= 15 is 0 Å². The summed E-state index contributed by atoms with van der Waals surface area (Å²) in [6.45, 7) is 0. The molecule has 0 fully saturated rings. The van der Waals surface area contributed by atoms with Crippen LogP contribution in [0.5, 0.6) is 0 Å². The highest BCUT2D eigenvalue weighted by atomic mass is 79.9. The Hall–Kier alpha value is -1.85. The first-order chi connectivity index (χ1) is 9.47. The zero-order chi connectivity index (χ0) is 14.7. The second-order valence-electron chi connectivity index (χ2n) is 3.97. The largest absolute Gasteiger partial charge is 0.478 e. The van der Waals surface area contributed by atoms with Crippen LogP contribution in [0.3, 0.4) is 0 Å². The van der Waals surface area contributed by atoms with Gasteiger partial charge in [0.15, 0.2) is 0 Å². The van der Waals surface area contributed by atoms with Crippen molar-refractivity contribution >= 4 is 45.1 Å². The van der Waals surface area contributed by atoms with Gasteiger partial charge < -0.3 is 10.4 Å². The van der Waals surface area contributed by atoms with E-state index in [0.29, 0.717) is 20.7 Å². The van der Waals surface area contributed by atoms with E-state index in [0.717, 1.165) is 0 Å². The third-order valence-electron chi connectivity index (χ3n) is 2.57. The van der Waals surface area contributed by atoms with E-state index in [9.17, 15) is 9.59 Å². The summed E-state index contributed by atoms with van der Waals surface area (Å²) in [5.41, 5.74) is 1.09. The number of carboxylic acid groups (broad SMARTS) is 1. The zero-order valence-corrected chi connectivity index (χ0v) is 12.4. The van der Waals surface area contributed by atoms with Gasteiger partial charge in [-0.15, -0.1) is 0 Å². The van der Waals surface area contributed by atoms with E-state index in [1.54, 1.807) is 18.2 Å². The molecule has 0 aliphatic rings. The number of anilines is 1. The summed E-state index contributed by atoms with van der Waals surface area (Å²) >= 11 is 9.17. The molecule has 0 atom stereocenters. The van der Waals surface area contributed by atoms with Crippen LogP contribution in [0.4, 0.5) is 5.69 Å². The van der Waals surface area contributed by atoms with E-state index in [2.05, 4.69) is 21.2 Å². The molecule has 2 aromatic rings. The van der Waals surface area contributed by atoms with Crippen molar-refractivity contribution < 1.29 is 14.7 Å². The number of rotatable bonds is 3. The van der Waals surface area contributed by atoms with Crippen molar-refractivity contribution in [1.29, 1.82) is 0 Å². The number of benzene rings is 2. The van der Waals surface area contributed by atoms with Crippen molar-refractivity contribution in [3.05, 3.63) is 63.1 Å². The topological polar surface area (TPSA) is 66.4 Å². The lowest BCUT2D eigenvalue weighted by atomic mass is 10.2. The molecule has 2 aromatic carbocycles. The Labute approximate surface area is 128 Å². The maximum atomic E-state index is 12.0. The van der Waals surface area contributed by atoms with Crippen LogP contribution in [0.15, 0.2) is 46.9 Å². The first-order valence-corrected chi connectivity index (χ1v) is 6.74. The molecule has 102 valence electrons. The summed E-state index contributed by atoms with van der Waals surface area (Å²) in [7, 11) is 0. The quantitative estimate of drug-likeness (QED) is 0.874. The summed E-state index contributed by atoms with van der Waals surface area (Å²) < 4.78 is 0.710. The Balaban J connectivity index is 2.14. The first-order valence-electron chi connectivity index (χ1n) is 5.57. The predicted molar refractivity (Wildman–Crippen MR) is 80.5 cm³/mol. The third-order valence-corrected chi connectivity index (χ3v) is 3.80. The fourth-order valence-corrected chi connectivity index (χ4v) is 1.96. The van der Waals surface area contributed by atoms with Gasteiger partial charge in [0, 0.05) is 15.7 Å². The van der Waals surface area contributed by atoms with E-state index in [4.69, 9.17) is 16.7 Å². The number of amides is 1. The van der Waals surface area contributed by atoms with E-state index in [1.165, 1.54) is 24.3 Å². The molecule has 6 heteroatoms. The minimum absolute atomic E-state index is 0.162. The van der Waals surface area contributed by atoms with Gasteiger partial charge in [0.25, 0.3) is 5.91 Å². The molecule has 0 spiro atoms. The van der Waals surface area contributed by atoms with Crippen molar-refractivity contribution in [2.45, 2.75) is 0 Å². The molecule has 0 aliphatic heterocycles. The molecule has 0 aliphatic carbocycles. The van der Waals surface area contributed by atoms with Gasteiger partial charge in [0.2, 0.25) is 0 Å². The number of carbonyl (C=O) groups is 2. The van der Waals surface area contributed by atoms with Gasteiger partial charge in [-0.1, -0.05) is 11.6 Å². The van der Waals surface area contributed by atoms with Gasteiger partial charge in [0.05, 0.1) is 10.6 Å². The Morgan fingerprint density at radius 3 is 2.20 bits per heavy atom. The van der Waals surface area contributed by atoms with Crippen LogP contribution in [-0.4, -0.2) is 17.0 Å². The average molecular weight is 355 g/mol. The molecule has 0 saturated carbocycles. The monoisotopic (exact) mass is 353 g/mol. The van der Waals surface area contributed by atoms with Gasteiger partial charge in [-0.2, -0.15) is 0 Å². The summed E-state index contributed by atoms with van der Waals surface area (Å²) in [5.74, 6) is -1.33. The Morgan fingerprint density at radius 1 is 1.05 bits per heavy atom. The number of aromatic carboxylic acids is 1. The smallest absolute Gasteiger partial charge is 0.335 e. The molecule has 2 N–H and O–H groups in total. The Kier molecular flexibility index (Phi) is 4.42. The second kappa shape index (κ2) is 6.07. The van der Waals surface area contributed by atoms with Gasteiger partial charge in [-0.05, 0) is 58.4 Å². The summed E-state index contributed by atoms with van der Waals surface area (Å²) in [6, 6.07) is 10.8. The lowest BCUT2D eigenvalue weighted by Gasteiger charge is -2.06. The normalized spacial score (nSPS) is 10.1. The molecule has 0 saturated heterocycles. The number of carboxylic acids is 1. The fourth-order valence-electron chi connectivity index (χ4n) is 1.54. The van der Waals surface area contributed by atoms with Gasteiger partial charge >= 0.3 is 5.97 Å². The second-order valence-corrected chi connectivity index (χ2v) is 5.23. The summed E-state index contributed by atoms with van der Waals surface area (Å²) in [6.07, 6.45) is 0. The van der Waals surface area contributed by atoms with Crippen LogP contribution >= 0.6 is 27.5 Å². The maximum absolute atomic E-state index is 12.0. The number of hydrogen-bond acceptors (Lipinski definition) is 2. The van der Waals surface area contributed by atoms with Crippen molar-refractivity contribution in [2.75, 3.05) is 5.32 Å². The van der Waals surface area contributed by atoms with Gasteiger partial charge in [0.1, 0.15) is 0 Å². The van der Waals surface area contributed by atoms with Crippen LogP contribution < -0.4 is 5.32 Å². The van der Waals surface area contributed by atoms with Crippen LogP contribution in [-0.2, 0) is 0 Å². The summed E-state index contributed by atoms with van der Waals surface area (Å²) in [4.78, 5) is 22.7. The predicted octanol–water partition coefficient (Wildman–Crippen LogP) is 4.05. The highest BCUT2D eigenvalue weighted by Gasteiger charge is 2.09. The molecular weight excluding hydrogens is 346 g/mol. The highest BCUT2D eigenvalue weighted by Crippen LogP contribution is 2.23. The van der Waals surface area contributed by atoms with Gasteiger partial charge in [-0.25, -0.2) is 4.79 Å². The molecule has 20 heavy (non-hydrogen) atoms. The van der Waals surface area contributed by atoms with Crippen LogP contribution in [0.1, 0.15) is 20.7 Å². The lowest BCUT2D eigenvalue weighted by Crippen LogP contribution is -2.12. The maximum Gasteiger partial charge on any atom is 0.335 e. The number of carbonyl (C=O) groups excluding carboxylic acids is 1. The standard InChI is InChI=1S/C14H9BrClNO3/c15-11-6-3-9(7-12(11)16)13(18)17-10-4-1-8(2-5-10)14(19)20/h1-7H,(H,17,18)(H,19,20). The number of nitrogens with one attached hydrogen (secondary N) is 1. The molecule has 2 rings (SSSR count). The first kappa shape index (κ1) is 14.6. The molecule has 0 unspecified atom stereocenters. The van der Waals surface area contributed by atoms with E-state index in [1.807, 2.05) is 0 Å². The zero-order valence-electron chi connectivity index (χ0n) is 10.1. The number of hydrogen-bond donors (Lipinski definition) is 2. The van der Waals surface area contributed by atoms with Crippen molar-refractivity contribution in [2.24, 2.45) is 0 Å². The molecule has 4 nitrogen and oxygen atoms in total. The molecule has 0 aromatic heterocycles. The minimum Gasteiger partial charge on any atom is -0.478 e. The molecule has 0 radical (unpaired) electrons. The number of halogens is 2. The Morgan fingerprint density at radius 2 is 1.65 bits per heavy atom. The molecule has 0 heterocycles. The van der Waals surface area contributed by atoms with E-state index < -0.39 is 5.97 Å². The summed E-state index contributed by atoms with van der Waals surface area (Å²) in [5, 5.41) is 11.9. The Bertz CT molecular complexity index is 671. The third kappa shape index (κ3) is 3.37. The average Bonchev–Trinajstić information content (AvgIpc) is 2.42. The highest BCUT2D eigenvalue weighted by molar-refractivity contribution is 9.10.